The fraction of sp³-hybridized carbons (Fsp3) is 0.320. The molecule has 7 heteroatoms. The quantitative estimate of drug-likeness (QED) is 0.652. The molecule has 3 aromatic rings. The first kappa shape index (κ1) is 20.3. The molecule has 32 heavy (non-hydrogen) atoms. The Morgan fingerprint density at radius 1 is 1.12 bits per heavy atom. The van der Waals surface area contributed by atoms with Crippen molar-refractivity contribution in [3.63, 3.8) is 0 Å². The second-order valence-electron chi connectivity index (χ2n) is 8.30. The van der Waals surface area contributed by atoms with Crippen LogP contribution in [0.4, 0.5) is 5.69 Å². The molecule has 0 spiro atoms. The maximum absolute atomic E-state index is 12.9. The molecule has 1 N–H and O–H groups in total. The lowest BCUT2D eigenvalue weighted by atomic mass is 10.1. The Kier molecular flexibility index (Phi) is 5.39. The van der Waals surface area contributed by atoms with Crippen LogP contribution in [0.15, 0.2) is 54.6 Å². The van der Waals surface area contributed by atoms with E-state index in [0.29, 0.717) is 18.8 Å². The molecular weight excluding hydrogens is 404 g/mol. The third-order valence-electron chi connectivity index (χ3n) is 6.31. The second-order valence-corrected chi connectivity index (χ2v) is 8.30. The number of hydrogen-bond acceptors (Lipinski definition) is 4. The van der Waals surface area contributed by atoms with Crippen LogP contribution >= 0.6 is 0 Å². The number of carbonyl (C=O) groups is 2. The minimum absolute atomic E-state index is 0.0485. The van der Waals surface area contributed by atoms with Crippen LogP contribution in [0, 0.1) is 5.92 Å². The summed E-state index contributed by atoms with van der Waals surface area (Å²) in [7, 11) is 1.59. The van der Waals surface area contributed by atoms with Crippen LogP contribution in [0.25, 0.3) is 5.69 Å². The van der Waals surface area contributed by atoms with Crippen molar-refractivity contribution in [1.29, 1.82) is 0 Å². The zero-order valence-corrected chi connectivity index (χ0v) is 18.1. The summed E-state index contributed by atoms with van der Waals surface area (Å²) in [5, 5.41) is 7.84. The minimum Gasteiger partial charge on any atom is -0.497 e. The van der Waals surface area contributed by atoms with E-state index >= 15 is 0 Å². The number of benzene rings is 2. The summed E-state index contributed by atoms with van der Waals surface area (Å²) < 4.78 is 7.26. The molecular formula is C25H26N4O3. The number of methoxy groups -OCH3 is 1. The average molecular weight is 431 g/mol. The molecule has 2 aromatic carbocycles. The summed E-state index contributed by atoms with van der Waals surface area (Å²) in [6.45, 7) is 0.749. The maximum atomic E-state index is 12.9. The van der Waals surface area contributed by atoms with Crippen LogP contribution in [0.5, 0.6) is 5.75 Å². The molecule has 1 aliphatic heterocycles. The summed E-state index contributed by atoms with van der Waals surface area (Å²) in [4.78, 5) is 27.1. The Morgan fingerprint density at radius 2 is 1.94 bits per heavy atom. The smallest absolute Gasteiger partial charge is 0.227 e. The van der Waals surface area contributed by atoms with Crippen molar-refractivity contribution in [2.24, 2.45) is 5.92 Å². The van der Waals surface area contributed by atoms with Crippen LogP contribution in [0.1, 0.15) is 29.8 Å². The lowest BCUT2D eigenvalue weighted by Crippen LogP contribution is -2.33. The summed E-state index contributed by atoms with van der Waals surface area (Å²) >= 11 is 0. The molecule has 2 amide bonds. The summed E-state index contributed by atoms with van der Waals surface area (Å²) in [6, 6.07) is 17.5. The van der Waals surface area contributed by atoms with Gasteiger partial charge in [0.1, 0.15) is 5.75 Å². The first-order valence-corrected chi connectivity index (χ1v) is 11.0. The minimum atomic E-state index is -0.377. The zero-order chi connectivity index (χ0) is 22.1. The molecule has 2 aliphatic rings. The summed E-state index contributed by atoms with van der Waals surface area (Å²) in [5.41, 5.74) is 5.20. The van der Waals surface area contributed by atoms with Gasteiger partial charge < -0.3 is 15.0 Å². The number of rotatable bonds is 6. The van der Waals surface area contributed by atoms with E-state index in [4.69, 9.17) is 9.84 Å². The van der Waals surface area contributed by atoms with Crippen LogP contribution < -0.4 is 15.0 Å². The molecule has 1 unspecified atom stereocenters. The van der Waals surface area contributed by atoms with Gasteiger partial charge in [-0.25, -0.2) is 4.68 Å². The molecule has 164 valence electrons. The average Bonchev–Trinajstić information content (AvgIpc) is 3.54. The molecule has 1 aliphatic carbocycles. The Balaban J connectivity index is 1.27. The highest BCUT2D eigenvalue weighted by Crippen LogP contribution is 2.29. The van der Waals surface area contributed by atoms with Crippen LogP contribution in [0.2, 0.25) is 0 Å². The monoisotopic (exact) mass is 430 g/mol. The first-order valence-electron chi connectivity index (χ1n) is 11.0. The van der Waals surface area contributed by atoms with Gasteiger partial charge in [0, 0.05) is 30.4 Å². The van der Waals surface area contributed by atoms with Gasteiger partial charge in [0.25, 0.3) is 0 Å². The number of amides is 2. The van der Waals surface area contributed by atoms with Crippen molar-refractivity contribution in [1.82, 2.24) is 15.1 Å². The molecule has 0 saturated carbocycles. The molecule has 1 aromatic heterocycles. The van der Waals surface area contributed by atoms with Crippen molar-refractivity contribution in [3.05, 3.63) is 71.5 Å². The van der Waals surface area contributed by atoms with E-state index in [9.17, 15) is 9.59 Å². The number of nitrogens with zero attached hydrogens (tertiary/aromatic N) is 3. The largest absolute Gasteiger partial charge is 0.497 e. The molecule has 1 atom stereocenters. The highest BCUT2D eigenvalue weighted by molar-refractivity contribution is 6.00. The van der Waals surface area contributed by atoms with Crippen LogP contribution in [0.3, 0.4) is 0 Å². The van der Waals surface area contributed by atoms with E-state index in [2.05, 4.69) is 5.32 Å². The third kappa shape index (κ3) is 3.75. The predicted molar refractivity (Wildman–Crippen MR) is 121 cm³/mol. The SMILES string of the molecule is COc1cccc(N2CC(C(=O)NCc3nn(-c4ccccc4)c4c3CCC4)CC2=O)c1. The molecule has 2 heterocycles. The Morgan fingerprint density at radius 3 is 2.75 bits per heavy atom. The van der Waals surface area contributed by atoms with Gasteiger partial charge in [-0.3, -0.25) is 9.59 Å². The Labute approximate surface area is 187 Å². The number of carbonyl (C=O) groups excluding carboxylic acids is 2. The summed E-state index contributed by atoms with van der Waals surface area (Å²) in [5.74, 6) is 0.154. The van der Waals surface area contributed by atoms with Gasteiger partial charge in [0.05, 0.1) is 31.0 Å². The van der Waals surface area contributed by atoms with Gasteiger partial charge >= 0.3 is 0 Å². The number of para-hydroxylation sites is 1. The van der Waals surface area contributed by atoms with Crippen molar-refractivity contribution in [3.8, 4) is 11.4 Å². The first-order chi connectivity index (χ1) is 15.6. The van der Waals surface area contributed by atoms with Gasteiger partial charge in [-0.15, -0.1) is 0 Å². The van der Waals surface area contributed by atoms with Crippen LogP contribution in [-0.4, -0.2) is 35.2 Å². The van der Waals surface area contributed by atoms with Crippen molar-refractivity contribution in [2.75, 3.05) is 18.6 Å². The molecule has 1 saturated heterocycles. The number of aromatic nitrogens is 2. The number of fused-ring (bicyclic) bond motifs is 1. The van der Waals surface area contributed by atoms with Crippen LogP contribution in [-0.2, 0) is 29.0 Å². The van der Waals surface area contributed by atoms with Gasteiger partial charge in [-0.05, 0) is 49.1 Å². The molecule has 1 fully saturated rings. The van der Waals surface area contributed by atoms with Gasteiger partial charge in [0.15, 0.2) is 0 Å². The van der Waals surface area contributed by atoms with Crippen molar-refractivity contribution in [2.45, 2.75) is 32.2 Å². The normalized spacial score (nSPS) is 17.5. The topological polar surface area (TPSA) is 76.5 Å². The predicted octanol–water partition coefficient (Wildman–Crippen LogP) is 3.04. The second kappa shape index (κ2) is 8.49. The molecule has 0 radical (unpaired) electrons. The van der Waals surface area contributed by atoms with E-state index < -0.39 is 0 Å². The Bertz CT molecular complexity index is 1160. The lowest BCUT2D eigenvalue weighted by Gasteiger charge is -2.17. The summed E-state index contributed by atoms with van der Waals surface area (Å²) in [6.07, 6.45) is 3.30. The third-order valence-corrected chi connectivity index (χ3v) is 6.31. The number of ether oxygens (including phenoxy) is 1. The number of nitrogens with one attached hydrogen (secondary N) is 1. The molecule has 7 nitrogen and oxygen atoms in total. The van der Waals surface area contributed by atoms with Crippen molar-refractivity contribution >= 4 is 17.5 Å². The standard InChI is InChI=1S/C25H26N4O3/c1-32-20-10-5-9-19(14-20)28-16-17(13-24(28)30)25(31)26-15-22-21-11-6-12-23(21)29(27-22)18-7-3-2-4-8-18/h2-5,7-10,14,17H,6,11-13,15-16H2,1H3,(H,26,31). The fourth-order valence-corrected chi connectivity index (χ4v) is 4.66. The highest BCUT2D eigenvalue weighted by Gasteiger charge is 2.35. The zero-order valence-electron chi connectivity index (χ0n) is 18.1. The lowest BCUT2D eigenvalue weighted by molar-refractivity contribution is -0.126. The fourth-order valence-electron chi connectivity index (χ4n) is 4.66. The van der Waals surface area contributed by atoms with E-state index in [-0.39, 0.29) is 24.2 Å². The van der Waals surface area contributed by atoms with E-state index in [1.165, 1.54) is 11.3 Å². The molecule has 5 rings (SSSR count). The van der Waals surface area contributed by atoms with E-state index in [1.807, 2.05) is 59.3 Å². The maximum Gasteiger partial charge on any atom is 0.227 e. The van der Waals surface area contributed by atoms with E-state index in [1.54, 1.807) is 12.0 Å². The highest BCUT2D eigenvalue weighted by atomic mass is 16.5. The van der Waals surface area contributed by atoms with E-state index in [0.717, 1.165) is 36.3 Å². The van der Waals surface area contributed by atoms with Gasteiger partial charge in [0.2, 0.25) is 11.8 Å². The van der Waals surface area contributed by atoms with Crippen molar-refractivity contribution < 1.29 is 14.3 Å². The molecule has 0 bridgehead atoms. The Hall–Kier alpha value is -3.61. The number of hydrogen-bond donors (Lipinski definition) is 1. The van der Waals surface area contributed by atoms with Gasteiger partial charge in [-0.2, -0.15) is 5.10 Å². The number of anilines is 1. The van der Waals surface area contributed by atoms with Gasteiger partial charge in [-0.1, -0.05) is 24.3 Å².